The van der Waals surface area contributed by atoms with Gasteiger partial charge in [0.2, 0.25) is 0 Å². The molecular formula is C15H31N3O2. The van der Waals surface area contributed by atoms with Crippen molar-refractivity contribution in [3.8, 4) is 0 Å². The van der Waals surface area contributed by atoms with Crippen LogP contribution in [0.5, 0.6) is 0 Å². The summed E-state index contributed by atoms with van der Waals surface area (Å²) in [6.45, 7) is 10.1. The molecule has 0 saturated carbocycles. The number of hydrogen-bond acceptors (Lipinski definition) is 3. The van der Waals surface area contributed by atoms with E-state index in [-0.39, 0.29) is 24.1 Å². The summed E-state index contributed by atoms with van der Waals surface area (Å²) in [5.74, 6) is 0. The molecule has 118 valence electrons. The topological polar surface area (TPSA) is 64.6 Å². The molecule has 0 aromatic carbocycles. The maximum absolute atomic E-state index is 11.8. The summed E-state index contributed by atoms with van der Waals surface area (Å²) in [7, 11) is 0. The van der Waals surface area contributed by atoms with E-state index < -0.39 is 0 Å². The van der Waals surface area contributed by atoms with Crippen molar-refractivity contribution in [2.24, 2.45) is 5.41 Å². The van der Waals surface area contributed by atoms with Gasteiger partial charge < -0.3 is 20.6 Å². The Balaban J connectivity index is 2.20. The first kappa shape index (κ1) is 17.2. The summed E-state index contributed by atoms with van der Waals surface area (Å²) in [5.41, 5.74) is -0.0673. The highest BCUT2D eigenvalue weighted by Crippen LogP contribution is 2.17. The molecular weight excluding hydrogens is 254 g/mol. The smallest absolute Gasteiger partial charge is 0.315 e. The van der Waals surface area contributed by atoms with Gasteiger partial charge in [0.05, 0.1) is 0 Å². The molecule has 2 amide bonds. The van der Waals surface area contributed by atoms with Crippen LogP contribution in [0, 0.1) is 5.41 Å². The molecule has 0 aromatic rings. The number of nitrogens with zero attached hydrogens (tertiary/aromatic N) is 1. The van der Waals surface area contributed by atoms with Crippen LogP contribution in [0.2, 0.25) is 0 Å². The molecule has 5 nitrogen and oxygen atoms in total. The van der Waals surface area contributed by atoms with Crippen LogP contribution >= 0.6 is 0 Å². The molecule has 1 atom stereocenters. The SMILES string of the molecule is CC(CN1CCCCC1)NC(=O)NCC(C)(C)CCO. The van der Waals surface area contributed by atoms with Gasteiger partial charge in [-0.05, 0) is 44.7 Å². The Morgan fingerprint density at radius 2 is 1.95 bits per heavy atom. The summed E-state index contributed by atoms with van der Waals surface area (Å²) in [6.07, 6.45) is 4.57. The molecule has 1 saturated heterocycles. The van der Waals surface area contributed by atoms with Gasteiger partial charge in [-0.25, -0.2) is 4.79 Å². The van der Waals surface area contributed by atoms with Crippen molar-refractivity contribution in [2.75, 3.05) is 32.8 Å². The van der Waals surface area contributed by atoms with Gasteiger partial charge in [0.15, 0.2) is 0 Å². The molecule has 1 fully saturated rings. The predicted octanol–water partition coefficient (Wildman–Crippen LogP) is 1.57. The summed E-state index contributed by atoms with van der Waals surface area (Å²) in [6, 6.07) is 0.0505. The fourth-order valence-corrected chi connectivity index (χ4v) is 2.56. The van der Waals surface area contributed by atoms with Crippen LogP contribution in [-0.2, 0) is 0 Å². The Hall–Kier alpha value is -0.810. The summed E-state index contributed by atoms with van der Waals surface area (Å²) in [4.78, 5) is 14.3. The average molecular weight is 285 g/mol. The Morgan fingerprint density at radius 3 is 2.55 bits per heavy atom. The van der Waals surface area contributed by atoms with Crippen molar-refractivity contribution in [1.29, 1.82) is 0 Å². The zero-order valence-corrected chi connectivity index (χ0v) is 13.2. The lowest BCUT2D eigenvalue weighted by Crippen LogP contribution is -2.48. The number of carbonyl (C=O) groups excluding carboxylic acids is 1. The van der Waals surface area contributed by atoms with E-state index in [0.717, 1.165) is 19.6 Å². The molecule has 0 aliphatic carbocycles. The molecule has 0 bridgehead atoms. The lowest BCUT2D eigenvalue weighted by Gasteiger charge is -2.30. The van der Waals surface area contributed by atoms with Crippen LogP contribution in [-0.4, -0.2) is 54.9 Å². The lowest BCUT2D eigenvalue weighted by molar-refractivity contribution is 0.192. The average Bonchev–Trinajstić information content (AvgIpc) is 2.37. The number of carbonyl (C=O) groups is 1. The van der Waals surface area contributed by atoms with Crippen molar-refractivity contribution in [3.05, 3.63) is 0 Å². The number of aliphatic hydroxyl groups excluding tert-OH is 1. The molecule has 0 aromatic heterocycles. The van der Waals surface area contributed by atoms with Crippen LogP contribution in [0.4, 0.5) is 4.79 Å². The molecule has 5 heteroatoms. The third kappa shape index (κ3) is 7.10. The van der Waals surface area contributed by atoms with Crippen molar-refractivity contribution in [3.63, 3.8) is 0 Å². The second-order valence-corrected chi connectivity index (χ2v) is 6.73. The molecule has 1 rings (SSSR count). The molecule has 0 radical (unpaired) electrons. The van der Waals surface area contributed by atoms with Gasteiger partial charge in [0, 0.05) is 25.7 Å². The first-order valence-corrected chi connectivity index (χ1v) is 7.80. The van der Waals surface area contributed by atoms with Crippen molar-refractivity contribution < 1.29 is 9.90 Å². The zero-order valence-electron chi connectivity index (χ0n) is 13.2. The standard InChI is InChI=1S/C15H31N3O2/c1-13(11-18-8-5-4-6-9-18)17-14(20)16-12-15(2,3)7-10-19/h13,19H,4-12H2,1-3H3,(H2,16,17,20). The first-order valence-electron chi connectivity index (χ1n) is 7.80. The molecule has 1 aliphatic heterocycles. The molecule has 1 unspecified atom stereocenters. The minimum Gasteiger partial charge on any atom is -0.396 e. The lowest BCUT2D eigenvalue weighted by atomic mass is 9.90. The number of urea groups is 1. The number of likely N-dealkylation sites (tertiary alicyclic amines) is 1. The fraction of sp³-hybridized carbons (Fsp3) is 0.933. The van der Waals surface area contributed by atoms with Gasteiger partial charge in [-0.3, -0.25) is 0 Å². The zero-order chi connectivity index (χ0) is 15.0. The molecule has 0 spiro atoms. The summed E-state index contributed by atoms with van der Waals surface area (Å²) in [5, 5.41) is 14.8. The van der Waals surface area contributed by atoms with Crippen LogP contribution in [0.15, 0.2) is 0 Å². The second-order valence-electron chi connectivity index (χ2n) is 6.73. The van der Waals surface area contributed by atoms with E-state index in [1.165, 1.54) is 19.3 Å². The second kappa shape index (κ2) is 8.47. The third-order valence-electron chi connectivity index (χ3n) is 3.87. The highest BCUT2D eigenvalue weighted by atomic mass is 16.3. The molecule has 20 heavy (non-hydrogen) atoms. The third-order valence-corrected chi connectivity index (χ3v) is 3.87. The number of nitrogens with one attached hydrogen (secondary N) is 2. The maximum Gasteiger partial charge on any atom is 0.315 e. The Labute approximate surface area is 123 Å². The minimum absolute atomic E-state index is 0.0673. The van der Waals surface area contributed by atoms with Gasteiger partial charge in [-0.1, -0.05) is 20.3 Å². The quantitative estimate of drug-likeness (QED) is 0.665. The van der Waals surface area contributed by atoms with E-state index in [1.807, 2.05) is 20.8 Å². The van der Waals surface area contributed by atoms with E-state index in [1.54, 1.807) is 0 Å². The van der Waals surface area contributed by atoms with E-state index in [0.29, 0.717) is 13.0 Å². The van der Waals surface area contributed by atoms with Gasteiger partial charge in [0.1, 0.15) is 0 Å². The molecule has 1 aliphatic rings. The Bertz CT molecular complexity index is 289. The minimum atomic E-state index is -0.111. The van der Waals surface area contributed by atoms with Crippen molar-refractivity contribution >= 4 is 6.03 Å². The van der Waals surface area contributed by atoms with Crippen molar-refractivity contribution in [1.82, 2.24) is 15.5 Å². The van der Waals surface area contributed by atoms with E-state index >= 15 is 0 Å². The van der Waals surface area contributed by atoms with E-state index in [9.17, 15) is 4.79 Å². The largest absolute Gasteiger partial charge is 0.396 e. The van der Waals surface area contributed by atoms with E-state index in [2.05, 4.69) is 15.5 Å². The van der Waals surface area contributed by atoms with E-state index in [4.69, 9.17) is 5.11 Å². The van der Waals surface area contributed by atoms with Crippen LogP contribution in [0.1, 0.15) is 46.5 Å². The number of amides is 2. The predicted molar refractivity (Wildman–Crippen MR) is 81.8 cm³/mol. The molecule has 1 heterocycles. The van der Waals surface area contributed by atoms with Gasteiger partial charge in [-0.15, -0.1) is 0 Å². The number of rotatable bonds is 7. The van der Waals surface area contributed by atoms with Crippen molar-refractivity contribution in [2.45, 2.75) is 52.5 Å². The normalized spacial score (nSPS) is 18.6. The number of hydrogen-bond donors (Lipinski definition) is 3. The summed E-state index contributed by atoms with van der Waals surface area (Å²) >= 11 is 0. The summed E-state index contributed by atoms with van der Waals surface area (Å²) < 4.78 is 0. The van der Waals surface area contributed by atoms with Crippen LogP contribution in [0.3, 0.4) is 0 Å². The van der Waals surface area contributed by atoms with Gasteiger partial charge >= 0.3 is 6.03 Å². The van der Waals surface area contributed by atoms with Gasteiger partial charge in [-0.2, -0.15) is 0 Å². The first-order chi connectivity index (χ1) is 9.43. The number of piperidine rings is 1. The fourth-order valence-electron chi connectivity index (χ4n) is 2.56. The maximum atomic E-state index is 11.8. The highest BCUT2D eigenvalue weighted by Gasteiger charge is 2.19. The number of aliphatic hydroxyl groups is 1. The van der Waals surface area contributed by atoms with Gasteiger partial charge in [0.25, 0.3) is 0 Å². The Morgan fingerprint density at radius 1 is 1.30 bits per heavy atom. The Kier molecular flexibility index (Phi) is 7.30. The highest BCUT2D eigenvalue weighted by molar-refractivity contribution is 5.74. The molecule has 3 N–H and O–H groups in total. The van der Waals surface area contributed by atoms with Crippen LogP contribution < -0.4 is 10.6 Å². The monoisotopic (exact) mass is 285 g/mol. The van der Waals surface area contributed by atoms with Crippen LogP contribution in [0.25, 0.3) is 0 Å².